The summed E-state index contributed by atoms with van der Waals surface area (Å²) in [5, 5.41) is 7.97. The maximum Gasteiger partial charge on any atom is 0.235 e. The van der Waals surface area contributed by atoms with E-state index in [1.807, 2.05) is 12.1 Å². The van der Waals surface area contributed by atoms with Gasteiger partial charge in [0.25, 0.3) is 0 Å². The molecule has 0 amide bonds. The number of hydrogen-bond acceptors (Lipinski definition) is 3. The van der Waals surface area contributed by atoms with E-state index in [4.69, 9.17) is 14.4 Å². The Morgan fingerprint density at radius 2 is 0.951 bits per heavy atom. The van der Waals surface area contributed by atoms with E-state index < -0.39 is 0 Å². The molecule has 0 spiro atoms. The monoisotopic (exact) mass is 778 g/mol. The quantitative estimate of drug-likeness (QED) is 0.175. The van der Waals surface area contributed by atoms with Gasteiger partial charge in [0.15, 0.2) is 0 Å². The van der Waals surface area contributed by atoms with Crippen molar-refractivity contribution < 1.29 is 4.42 Å². The number of fused-ring (bicyclic) bond motifs is 10. The highest BCUT2D eigenvalue weighted by Gasteiger charge is 2.21. The van der Waals surface area contributed by atoms with Crippen LogP contribution in [0.3, 0.4) is 0 Å². The van der Waals surface area contributed by atoms with Crippen molar-refractivity contribution in [2.45, 2.75) is 0 Å². The van der Waals surface area contributed by atoms with Gasteiger partial charge in [0.05, 0.1) is 33.3 Å². The molecule has 0 fully saturated rings. The molecule has 5 nitrogen and oxygen atoms in total. The molecular formula is C56H34N4O. The molecule has 0 radical (unpaired) electrons. The SMILES string of the molecule is c1ccc(-c2nc(-n3c4ccccc4c4cc(-c5cccc6oc7ccc(-c8cccc9c8c8ccccc8n9-c8ccccc8)cc7c56)ccc43)nc3ccccc23)cc1. The molecule has 0 unspecified atom stereocenters. The minimum Gasteiger partial charge on any atom is -0.456 e. The van der Waals surface area contributed by atoms with Crippen molar-refractivity contribution in [1.82, 2.24) is 19.1 Å². The van der Waals surface area contributed by atoms with Gasteiger partial charge in [-0.2, -0.15) is 0 Å². The molecule has 0 atom stereocenters. The number of hydrogen-bond donors (Lipinski definition) is 0. The van der Waals surface area contributed by atoms with Crippen molar-refractivity contribution in [2.75, 3.05) is 0 Å². The highest BCUT2D eigenvalue weighted by atomic mass is 16.3. The van der Waals surface area contributed by atoms with Crippen LogP contribution in [-0.2, 0) is 0 Å². The first-order valence-electron chi connectivity index (χ1n) is 20.7. The van der Waals surface area contributed by atoms with Gasteiger partial charge in [0, 0.05) is 49.0 Å². The van der Waals surface area contributed by atoms with E-state index in [0.717, 1.165) is 88.3 Å². The average Bonchev–Trinajstić information content (AvgIpc) is 3.99. The Hall–Kier alpha value is -8.28. The van der Waals surface area contributed by atoms with E-state index in [2.05, 4.69) is 203 Å². The lowest BCUT2D eigenvalue weighted by Crippen LogP contribution is -2.03. The summed E-state index contributed by atoms with van der Waals surface area (Å²) < 4.78 is 11.2. The fourth-order valence-corrected chi connectivity index (χ4v) is 9.69. The maximum absolute atomic E-state index is 6.60. The first-order valence-corrected chi connectivity index (χ1v) is 20.7. The average molecular weight is 779 g/mol. The van der Waals surface area contributed by atoms with Crippen molar-refractivity contribution in [3.63, 3.8) is 0 Å². The first kappa shape index (κ1) is 33.7. The predicted octanol–water partition coefficient (Wildman–Crippen LogP) is 14.7. The third-order valence-electron chi connectivity index (χ3n) is 12.3. The smallest absolute Gasteiger partial charge is 0.235 e. The van der Waals surface area contributed by atoms with Gasteiger partial charge < -0.3 is 8.98 Å². The Bertz CT molecular complexity index is 3880. The summed E-state index contributed by atoms with van der Waals surface area (Å²) in [6, 6.07) is 73.1. The van der Waals surface area contributed by atoms with Crippen molar-refractivity contribution in [3.05, 3.63) is 206 Å². The molecule has 4 aromatic heterocycles. The fraction of sp³-hybridized carbons (Fsp3) is 0. The molecule has 61 heavy (non-hydrogen) atoms. The Kier molecular flexibility index (Phi) is 7.24. The van der Waals surface area contributed by atoms with Crippen LogP contribution >= 0.6 is 0 Å². The van der Waals surface area contributed by atoms with Gasteiger partial charge in [0.1, 0.15) is 11.2 Å². The summed E-state index contributed by atoms with van der Waals surface area (Å²) in [5.74, 6) is 0.647. The summed E-state index contributed by atoms with van der Waals surface area (Å²) in [6.45, 7) is 0. The summed E-state index contributed by atoms with van der Waals surface area (Å²) in [5.41, 5.74) is 14.8. The molecular weight excluding hydrogens is 745 g/mol. The lowest BCUT2D eigenvalue weighted by atomic mass is 9.95. The largest absolute Gasteiger partial charge is 0.456 e. The minimum absolute atomic E-state index is 0.647. The molecule has 0 aliphatic carbocycles. The molecule has 13 rings (SSSR count). The molecule has 0 aliphatic rings. The Labute approximate surface area is 350 Å². The van der Waals surface area contributed by atoms with E-state index >= 15 is 0 Å². The van der Waals surface area contributed by atoms with Crippen LogP contribution in [0.15, 0.2) is 211 Å². The molecule has 0 N–H and O–H groups in total. The zero-order valence-corrected chi connectivity index (χ0v) is 32.8. The van der Waals surface area contributed by atoms with Crippen LogP contribution < -0.4 is 0 Å². The van der Waals surface area contributed by atoms with E-state index in [-0.39, 0.29) is 0 Å². The van der Waals surface area contributed by atoms with Gasteiger partial charge in [-0.15, -0.1) is 0 Å². The zero-order chi connectivity index (χ0) is 40.0. The summed E-state index contributed by atoms with van der Waals surface area (Å²) in [6.07, 6.45) is 0. The van der Waals surface area contributed by atoms with Gasteiger partial charge in [-0.1, -0.05) is 140 Å². The maximum atomic E-state index is 6.60. The van der Waals surface area contributed by atoms with Crippen molar-refractivity contribution in [3.8, 4) is 45.1 Å². The molecule has 4 heterocycles. The van der Waals surface area contributed by atoms with Gasteiger partial charge in [-0.05, 0) is 89.0 Å². The third-order valence-corrected chi connectivity index (χ3v) is 12.3. The zero-order valence-electron chi connectivity index (χ0n) is 32.8. The minimum atomic E-state index is 0.647. The Balaban J connectivity index is 1.00. The molecule has 0 aliphatic heterocycles. The normalized spacial score (nSPS) is 11.9. The van der Waals surface area contributed by atoms with Gasteiger partial charge >= 0.3 is 0 Å². The van der Waals surface area contributed by atoms with Crippen LogP contribution in [0.4, 0.5) is 0 Å². The summed E-state index contributed by atoms with van der Waals surface area (Å²) >= 11 is 0. The number of benzene rings is 9. The highest BCUT2D eigenvalue weighted by molar-refractivity contribution is 6.19. The molecule has 284 valence electrons. The standard InChI is InChI=1S/C56H34N4O/c1-3-15-35(16-4-1)55-42-20-7-10-24-46(42)57-56(58-55)60-47-25-11-8-19-41(47)44-33-36(29-31-49(44)60)40-23-14-28-52-54(40)45-34-37(30-32-51(45)61-52)39-22-13-27-50-53(39)43-21-9-12-26-48(43)59(50)38-17-5-2-6-18-38/h1-34H. The molecule has 0 saturated heterocycles. The van der Waals surface area contributed by atoms with Crippen LogP contribution in [0.25, 0.3) is 122 Å². The molecule has 9 aromatic carbocycles. The van der Waals surface area contributed by atoms with E-state index in [1.165, 1.54) is 27.4 Å². The van der Waals surface area contributed by atoms with Crippen molar-refractivity contribution in [1.29, 1.82) is 0 Å². The summed E-state index contributed by atoms with van der Waals surface area (Å²) in [7, 11) is 0. The van der Waals surface area contributed by atoms with Crippen LogP contribution in [0.2, 0.25) is 0 Å². The van der Waals surface area contributed by atoms with Crippen molar-refractivity contribution in [2.24, 2.45) is 0 Å². The van der Waals surface area contributed by atoms with Gasteiger partial charge in [-0.25, -0.2) is 9.97 Å². The third kappa shape index (κ3) is 5.08. The number of rotatable bonds is 5. The lowest BCUT2D eigenvalue weighted by Gasteiger charge is -2.12. The first-order chi connectivity index (χ1) is 30.3. The fourth-order valence-electron chi connectivity index (χ4n) is 9.69. The van der Waals surface area contributed by atoms with E-state index in [1.54, 1.807) is 0 Å². The summed E-state index contributed by atoms with van der Waals surface area (Å²) in [4.78, 5) is 10.5. The van der Waals surface area contributed by atoms with E-state index in [0.29, 0.717) is 5.95 Å². The Morgan fingerprint density at radius 3 is 1.77 bits per heavy atom. The topological polar surface area (TPSA) is 48.8 Å². The number of furan rings is 1. The van der Waals surface area contributed by atoms with E-state index in [9.17, 15) is 0 Å². The molecule has 13 aromatic rings. The van der Waals surface area contributed by atoms with Crippen molar-refractivity contribution >= 4 is 76.5 Å². The number of nitrogens with zero attached hydrogens (tertiary/aromatic N) is 4. The number of aromatic nitrogens is 4. The van der Waals surface area contributed by atoms with Crippen LogP contribution in [0.1, 0.15) is 0 Å². The molecule has 5 heteroatoms. The van der Waals surface area contributed by atoms with Crippen LogP contribution in [-0.4, -0.2) is 19.1 Å². The number of para-hydroxylation sites is 4. The highest BCUT2D eigenvalue weighted by Crippen LogP contribution is 2.43. The van der Waals surface area contributed by atoms with Gasteiger partial charge in [0.2, 0.25) is 5.95 Å². The Morgan fingerprint density at radius 1 is 0.344 bits per heavy atom. The second-order valence-corrected chi connectivity index (χ2v) is 15.7. The second kappa shape index (κ2) is 13.1. The predicted molar refractivity (Wildman–Crippen MR) is 252 cm³/mol. The van der Waals surface area contributed by atoms with Crippen LogP contribution in [0, 0.1) is 0 Å². The van der Waals surface area contributed by atoms with Crippen LogP contribution in [0.5, 0.6) is 0 Å². The van der Waals surface area contributed by atoms with Gasteiger partial charge in [-0.3, -0.25) is 4.57 Å². The second-order valence-electron chi connectivity index (χ2n) is 15.7. The molecule has 0 bridgehead atoms. The lowest BCUT2D eigenvalue weighted by molar-refractivity contribution is 0.669. The molecule has 0 saturated carbocycles.